The van der Waals surface area contributed by atoms with Gasteiger partial charge in [0.1, 0.15) is 0 Å². The second-order valence-electron chi connectivity index (χ2n) is 6.05. The number of hydrogen-bond donors (Lipinski definition) is 2. The zero-order chi connectivity index (χ0) is 15.3. The predicted octanol–water partition coefficient (Wildman–Crippen LogP) is 2.96. The molecule has 0 saturated heterocycles. The van der Waals surface area contributed by atoms with E-state index in [1.165, 1.54) is 32.1 Å². The summed E-state index contributed by atoms with van der Waals surface area (Å²) in [4.78, 5) is 0.306. The Balaban J connectivity index is 1.93. The molecule has 21 heavy (non-hydrogen) atoms. The largest absolute Gasteiger partial charge is 0.324 e. The third-order valence-corrected chi connectivity index (χ3v) is 5.72. The number of rotatable bonds is 6. The normalized spacial score (nSPS) is 18.6. The van der Waals surface area contributed by atoms with Crippen LogP contribution < -0.4 is 10.5 Å². The van der Waals surface area contributed by atoms with Gasteiger partial charge in [0, 0.05) is 12.6 Å². The number of benzene rings is 1. The summed E-state index contributed by atoms with van der Waals surface area (Å²) in [6.07, 6.45) is 7.31. The Kier molecular flexibility index (Phi) is 5.79. The van der Waals surface area contributed by atoms with Crippen LogP contribution >= 0.6 is 0 Å². The monoisotopic (exact) mass is 310 g/mol. The molecule has 0 radical (unpaired) electrons. The Morgan fingerprint density at radius 3 is 2.67 bits per heavy atom. The molecule has 0 spiro atoms. The second kappa shape index (κ2) is 7.38. The van der Waals surface area contributed by atoms with E-state index in [1.54, 1.807) is 18.2 Å². The van der Waals surface area contributed by atoms with E-state index >= 15 is 0 Å². The van der Waals surface area contributed by atoms with Gasteiger partial charge in [-0.2, -0.15) is 0 Å². The van der Waals surface area contributed by atoms with Crippen LogP contribution in [0, 0.1) is 5.92 Å². The standard InChI is InChI=1S/C16H26N2O2S/c1-13(17)15-8-5-9-16(12-15)21(19,20)18-11-10-14-6-3-2-4-7-14/h5,8-9,12-14,18H,2-4,6-7,10-11,17H2,1H3. The average molecular weight is 310 g/mol. The number of nitrogens with two attached hydrogens (primary N) is 1. The molecule has 0 amide bonds. The lowest BCUT2D eigenvalue weighted by Gasteiger charge is -2.21. The van der Waals surface area contributed by atoms with Crippen molar-refractivity contribution >= 4 is 10.0 Å². The van der Waals surface area contributed by atoms with Crippen molar-refractivity contribution in [2.45, 2.75) is 56.4 Å². The molecule has 3 N–H and O–H groups in total. The highest BCUT2D eigenvalue weighted by atomic mass is 32.2. The van der Waals surface area contributed by atoms with E-state index in [-0.39, 0.29) is 6.04 Å². The minimum atomic E-state index is -3.42. The molecule has 1 saturated carbocycles. The Morgan fingerprint density at radius 2 is 2.00 bits per heavy atom. The first-order valence-electron chi connectivity index (χ1n) is 7.84. The molecule has 118 valence electrons. The van der Waals surface area contributed by atoms with Gasteiger partial charge < -0.3 is 5.73 Å². The number of sulfonamides is 1. The first-order chi connectivity index (χ1) is 9.99. The van der Waals surface area contributed by atoms with Crippen molar-refractivity contribution in [3.8, 4) is 0 Å². The second-order valence-corrected chi connectivity index (χ2v) is 7.82. The Hall–Kier alpha value is -0.910. The highest BCUT2D eigenvalue weighted by Crippen LogP contribution is 2.26. The molecule has 1 fully saturated rings. The van der Waals surface area contributed by atoms with E-state index in [4.69, 9.17) is 5.73 Å². The molecule has 0 heterocycles. The molecule has 0 bridgehead atoms. The van der Waals surface area contributed by atoms with Crippen LogP contribution in [0.5, 0.6) is 0 Å². The maximum Gasteiger partial charge on any atom is 0.240 e. The van der Waals surface area contributed by atoms with Gasteiger partial charge in [-0.1, -0.05) is 44.2 Å². The molecule has 1 aliphatic rings. The first-order valence-corrected chi connectivity index (χ1v) is 9.32. The Morgan fingerprint density at radius 1 is 1.29 bits per heavy atom. The minimum Gasteiger partial charge on any atom is -0.324 e. The molecule has 0 aromatic heterocycles. The average Bonchev–Trinajstić information content (AvgIpc) is 2.48. The Bertz CT molecular complexity index is 549. The summed E-state index contributed by atoms with van der Waals surface area (Å²) >= 11 is 0. The molecule has 2 rings (SSSR count). The lowest BCUT2D eigenvalue weighted by atomic mass is 9.87. The molecule has 1 unspecified atom stereocenters. The van der Waals surface area contributed by atoms with Gasteiger partial charge in [0.05, 0.1) is 4.90 Å². The van der Waals surface area contributed by atoms with Gasteiger partial charge in [0.2, 0.25) is 10.0 Å². The van der Waals surface area contributed by atoms with E-state index in [9.17, 15) is 8.42 Å². The predicted molar refractivity (Wildman–Crippen MR) is 85.4 cm³/mol. The molecule has 1 aromatic rings. The van der Waals surface area contributed by atoms with Gasteiger partial charge in [0.25, 0.3) is 0 Å². The molecule has 1 atom stereocenters. The highest BCUT2D eigenvalue weighted by Gasteiger charge is 2.17. The Labute approximate surface area is 128 Å². The summed E-state index contributed by atoms with van der Waals surface area (Å²) in [7, 11) is -3.42. The van der Waals surface area contributed by atoms with Crippen LogP contribution in [0.2, 0.25) is 0 Å². The maximum atomic E-state index is 12.3. The van der Waals surface area contributed by atoms with E-state index in [2.05, 4.69) is 4.72 Å². The summed E-state index contributed by atoms with van der Waals surface area (Å²) in [5, 5.41) is 0. The fraction of sp³-hybridized carbons (Fsp3) is 0.625. The van der Waals surface area contributed by atoms with Crippen LogP contribution in [0.1, 0.15) is 57.1 Å². The van der Waals surface area contributed by atoms with Crippen LogP contribution in [0.4, 0.5) is 0 Å². The van der Waals surface area contributed by atoms with Crippen molar-refractivity contribution < 1.29 is 8.42 Å². The molecule has 0 aliphatic heterocycles. The van der Waals surface area contributed by atoms with Gasteiger partial charge in [-0.25, -0.2) is 13.1 Å². The van der Waals surface area contributed by atoms with Crippen molar-refractivity contribution in [3.63, 3.8) is 0 Å². The SMILES string of the molecule is CC(N)c1cccc(S(=O)(=O)NCCC2CCCCC2)c1. The van der Waals surface area contributed by atoms with Gasteiger partial charge in [0.15, 0.2) is 0 Å². The van der Waals surface area contributed by atoms with Crippen molar-refractivity contribution in [1.29, 1.82) is 0 Å². The topological polar surface area (TPSA) is 72.2 Å². The van der Waals surface area contributed by atoms with Crippen molar-refractivity contribution in [2.24, 2.45) is 11.7 Å². The van der Waals surface area contributed by atoms with Gasteiger partial charge >= 0.3 is 0 Å². The zero-order valence-corrected chi connectivity index (χ0v) is 13.5. The third kappa shape index (κ3) is 4.80. The van der Waals surface area contributed by atoms with E-state index in [0.29, 0.717) is 17.4 Å². The van der Waals surface area contributed by atoms with Crippen LogP contribution in [0.25, 0.3) is 0 Å². The van der Waals surface area contributed by atoms with Gasteiger partial charge in [-0.05, 0) is 37.0 Å². The van der Waals surface area contributed by atoms with E-state index < -0.39 is 10.0 Å². The van der Waals surface area contributed by atoms with Crippen molar-refractivity contribution in [2.75, 3.05) is 6.54 Å². The van der Waals surface area contributed by atoms with Crippen LogP contribution in [0.3, 0.4) is 0 Å². The zero-order valence-electron chi connectivity index (χ0n) is 12.7. The highest BCUT2D eigenvalue weighted by molar-refractivity contribution is 7.89. The van der Waals surface area contributed by atoms with E-state index in [1.807, 2.05) is 13.0 Å². The van der Waals surface area contributed by atoms with Crippen LogP contribution in [-0.2, 0) is 10.0 Å². The molecule has 1 aromatic carbocycles. The smallest absolute Gasteiger partial charge is 0.240 e. The molecular weight excluding hydrogens is 284 g/mol. The maximum absolute atomic E-state index is 12.3. The van der Waals surface area contributed by atoms with Crippen LogP contribution in [-0.4, -0.2) is 15.0 Å². The summed E-state index contributed by atoms with van der Waals surface area (Å²) in [6, 6.07) is 6.71. The minimum absolute atomic E-state index is 0.164. The lowest BCUT2D eigenvalue weighted by Crippen LogP contribution is -2.27. The molecule has 4 nitrogen and oxygen atoms in total. The fourth-order valence-corrected chi connectivity index (χ4v) is 4.02. The number of nitrogens with one attached hydrogen (secondary N) is 1. The number of hydrogen-bond acceptors (Lipinski definition) is 3. The summed E-state index contributed by atoms with van der Waals surface area (Å²) in [5.41, 5.74) is 6.65. The van der Waals surface area contributed by atoms with E-state index in [0.717, 1.165) is 12.0 Å². The van der Waals surface area contributed by atoms with Crippen molar-refractivity contribution in [1.82, 2.24) is 4.72 Å². The first kappa shape index (κ1) is 16.5. The fourth-order valence-electron chi connectivity index (χ4n) is 2.92. The molecule has 5 heteroatoms. The van der Waals surface area contributed by atoms with Crippen LogP contribution in [0.15, 0.2) is 29.2 Å². The third-order valence-electron chi connectivity index (χ3n) is 4.26. The summed E-state index contributed by atoms with van der Waals surface area (Å²) in [6.45, 7) is 2.37. The van der Waals surface area contributed by atoms with Gasteiger partial charge in [-0.3, -0.25) is 0 Å². The quantitative estimate of drug-likeness (QED) is 0.848. The van der Waals surface area contributed by atoms with Gasteiger partial charge in [-0.15, -0.1) is 0 Å². The lowest BCUT2D eigenvalue weighted by molar-refractivity contribution is 0.339. The van der Waals surface area contributed by atoms with Crippen molar-refractivity contribution in [3.05, 3.63) is 29.8 Å². The molecule has 1 aliphatic carbocycles. The molecular formula is C16H26N2O2S. The summed E-state index contributed by atoms with van der Waals surface area (Å²) in [5.74, 6) is 0.678. The summed E-state index contributed by atoms with van der Waals surface area (Å²) < 4.78 is 27.3.